The van der Waals surface area contributed by atoms with Crippen LogP contribution in [0.3, 0.4) is 0 Å². The zero-order valence-electron chi connectivity index (χ0n) is 11.1. The molecular weight excluding hydrogens is 308 g/mol. The van der Waals surface area contributed by atoms with Crippen LogP contribution in [0.1, 0.15) is 12.8 Å². The third kappa shape index (κ3) is 4.73. The van der Waals surface area contributed by atoms with Gasteiger partial charge in [0, 0.05) is 39.6 Å². The molecule has 0 aliphatic carbocycles. The molecule has 1 fully saturated rings. The third-order valence-corrected chi connectivity index (χ3v) is 3.23. The van der Waals surface area contributed by atoms with Crippen molar-refractivity contribution >= 4 is 5.91 Å². The van der Waals surface area contributed by atoms with E-state index in [1.807, 2.05) is 0 Å². The summed E-state index contributed by atoms with van der Waals surface area (Å²) >= 11 is 0. The van der Waals surface area contributed by atoms with Crippen LogP contribution < -0.4 is 0 Å². The van der Waals surface area contributed by atoms with Crippen molar-refractivity contribution in [2.45, 2.75) is 30.8 Å². The van der Waals surface area contributed by atoms with Gasteiger partial charge in [0.1, 0.15) is 0 Å². The van der Waals surface area contributed by atoms with Gasteiger partial charge in [0.15, 0.2) is 0 Å². The molecule has 21 heavy (non-hydrogen) atoms. The van der Waals surface area contributed by atoms with Crippen molar-refractivity contribution in [3.8, 4) is 0 Å². The summed E-state index contributed by atoms with van der Waals surface area (Å²) in [5, 5.41) is 10.0. The quantitative estimate of drug-likeness (QED) is 0.805. The van der Waals surface area contributed by atoms with Crippen LogP contribution in [0.2, 0.25) is 0 Å². The minimum atomic E-state index is -5.73. The Balaban J connectivity index is 2.84. The second-order valence-corrected chi connectivity index (χ2v) is 5.05. The molecule has 1 heterocycles. The van der Waals surface area contributed by atoms with Gasteiger partial charge >= 0.3 is 12.4 Å². The highest BCUT2D eigenvalue weighted by Crippen LogP contribution is 2.40. The van der Waals surface area contributed by atoms with Gasteiger partial charge in [0.25, 0.3) is 0 Å². The maximum absolute atomic E-state index is 12.5. The molecular formula is C11H15F6NO3. The molecule has 0 aromatic carbocycles. The first-order valence-corrected chi connectivity index (χ1v) is 6.05. The van der Waals surface area contributed by atoms with Crippen molar-refractivity contribution in [3.05, 3.63) is 0 Å². The van der Waals surface area contributed by atoms with Gasteiger partial charge in [-0.25, -0.2) is 0 Å². The van der Waals surface area contributed by atoms with E-state index >= 15 is 0 Å². The van der Waals surface area contributed by atoms with Gasteiger partial charge in [-0.05, 0) is 0 Å². The number of ether oxygens (including phenoxy) is 1. The SMILES string of the molecule is CN(CC1(O)CCOCC1)C(=O)C(C(F)(F)F)C(F)(F)F. The van der Waals surface area contributed by atoms with Crippen LogP contribution in [0.25, 0.3) is 0 Å². The fourth-order valence-corrected chi connectivity index (χ4v) is 2.11. The van der Waals surface area contributed by atoms with Crippen LogP contribution in [0, 0.1) is 5.92 Å². The first kappa shape index (κ1) is 18.0. The van der Waals surface area contributed by atoms with E-state index in [2.05, 4.69) is 0 Å². The van der Waals surface area contributed by atoms with Crippen LogP contribution in [0.4, 0.5) is 26.3 Å². The number of amides is 1. The van der Waals surface area contributed by atoms with E-state index in [1.54, 1.807) is 0 Å². The largest absolute Gasteiger partial charge is 0.409 e. The lowest BCUT2D eigenvalue weighted by atomic mass is 9.93. The zero-order chi connectivity index (χ0) is 16.5. The summed E-state index contributed by atoms with van der Waals surface area (Å²) in [6.07, 6.45) is -11.4. The van der Waals surface area contributed by atoms with Gasteiger partial charge in [0.05, 0.1) is 5.60 Å². The molecule has 10 heteroatoms. The van der Waals surface area contributed by atoms with Gasteiger partial charge in [-0.3, -0.25) is 4.79 Å². The van der Waals surface area contributed by atoms with Crippen molar-refractivity contribution in [2.75, 3.05) is 26.8 Å². The summed E-state index contributed by atoms with van der Waals surface area (Å²) in [5.74, 6) is -6.21. The van der Waals surface area contributed by atoms with E-state index in [0.717, 1.165) is 7.05 Å². The fourth-order valence-electron chi connectivity index (χ4n) is 2.11. The lowest BCUT2D eigenvalue weighted by Crippen LogP contribution is -2.53. The Labute approximate surface area is 116 Å². The standard InChI is InChI=1S/C11H15F6NO3/c1-18(6-9(20)2-4-21-5-3-9)8(19)7(10(12,13)14)11(15,16)17/h7,20H,2-6H2,1H3. The molecule has 1 amide bonds. The van der Waals surface area contributed by atoms with E-state index in [9.17, 15) is 36.2 Å². The number of alkyl halides is 6. The maximum Gasteiger partial charge on any atom is 0.409 e. The van der Waals surface area contributed by atoms with E-state index < -0.39 is 36.3 Å². The number of rotatable bonds is 3. The Kier molecular flexibility index (Phi) is 5.14. The van der Waals surface area contributed by atoms with Crippen LogP contribution in [-0.4, -0.2) is 60.7 Å². The number of halogens is 6. The van der Waals surface area contributed by atoms with Crippen LogP contribution in [0.15, 0.2) is 0 Å². The lowest BCUT2D eigenvalue weighted by Gasteiger charge is -2.36. The molecule has 1 aliphatic heterocycles. The first-order valence-electron chi connectivity index (χ1n) is 6.05. The normalized spacial score (nSPS) is 19.7. The molecule has 0 radical (unpaired) electrons. The van der Waals surface area contributed by atoms with Gasteiger partial charge in [-0.15, -0.1) is 0 Å². The molecule has 1 N–H and O–H groups in total. The predicted molar refractivity (Wildman–Crippen MR) is 58.2 cm³/mol. The summed E-state index contributed by atoms with van der Waals surface area (Å²) in [6.45, 7) is -0.362. The van der Waals surface area contributed by atoms with Gasteiger partial charge in [-0.1, -0.05) is 0 Å². The Morgan fingerprint density at radius 3 is 2.00 bits per heavy atom. The molecule has 4 nitrogen and oxygen atoms in total. The second-order valence-electron chi connectivity index (χ2n) is 5.05. The average molecular weight is 323 g/mol. The highest BCUT2D eigenvalue weighted by Gasteiger charge is 2.62. The van der Waals surface area contributed by atoms with Crippen LogP contribution >= 0.6 is 0 Å². The summed E-state index contributed by atoms with van der Waals surface area (Å²) in [5.41, 5.74) is -1.54. The van der Waals surface area contributed by atoms with E-state index in [1.165, 1.54) is 0 Å². The van der Waals surface area contributed by atoms with Gasteiger partial charge in [0.2, 0.25) is 11.8 Å². The van der Waals surface area contributed by atoms with Crippen LogP contribution in [-0.2, 0) is 9.53 Å². The molecule has 0 saturated carbocycles. The summed E-state index contributed by atoms with van der Waals surface area (Å²) < 4.78 is 79.6. The van der Waals surface area contributed by atoms with Crippen molar-refractivity contribution in [2.24, 2.45) is 5.92 Å². The summed E-state index contributed by atoms with van der Waals surface area (Å²) in [6, 6.07) is 0. The van der Waals surface area contributed by atoms with Crippen molar-refractivity contribution in [1.29, 1.82) is 0 Å². The topological polar surface area (TPSA) is 49.8 Å². The molecule has 1 aliphatic rings. The lowest BCUT2D eigenvalue weighted by molar-refractivity contribution is -0.278. The van der Waals surface area contributed by atoms with E-state index in [4.69, 9.17) is 4.74 Å². The highest BCUT2D eigenvalue weighted by atomic mass is 19.4. The number of likely N-dealkylation sites (N-methyl/N-ethyl adjacent to an activating group) is 1. The molecule has 0 atom stereocenters. The first-order chi connectivity index (χ1) is 9.37. The molecule has 1 rings (SSSR count). The molecule has 0 aromatic rings. The predicted octanol–water partition coefficient (Wildman–Crippen LogP) is 1.73. The number of carbonyl (C=O) groups excluding carboxylic acids is 1. The van der Waals surface area contributed by atoms with Crippen molar-refractivity contribution in [3.63, 3.8) is 0 Å². The average Bonchev–Trinajstić information content (AvgIpc) is 2.25. The summed E-state index contributed by atoms with van der Waals surface area (Å²) in [7, 11) is 0.806. The van der Waals surface area contributed by atoms with E-state index in [-0.39, 0.29) is 31.0 Å². The van der Waals surface area contributed by atoms with E-state index in [0.29, 0.717) is 0 Å². The number of carbonyl (C=O) groups is 1. The number of nitrogens with zero attached hydrogens (tertiary/aromatic N) is 1. The monoisotopic (exact) mass is 323 g/mol. The number of hydrogen-bond acceptors (Lipinski definition) is 3. The molecule has 0 spiro atoms. The zero-order valence-corrected chi connectivity index (χ0v) is 11.1. The Morgan fingerprint density at radius 1 is 1.19 bits per heavy atom. The number of hydrogen-bond donors (Lipinski definition) is 1. The van der Waals surface area contributed by atoms with Crippen molar-refractivity contribution in [1.82, 2.24) is 4.90 Å². The molecule has 0 bridgehead atoms. The smallest absolute Gasteiger partial charge is 0.388 e. The molecule has 124 valence electrons. The molecule has 1 saturated heterocycles. The molecule has 0 unspecified atom stereocenters. The van der Waals surface area contributed by atoms with Crippen LogP contribution in [0.5, 0.6) is 0 Å². The minimum absolute atomic E-state index is 0.0350. The molecule has 0 aromatic heterocycles. The van der Waals surface area contributed by atoms with Crippen molar-refractivity contribution < 1.29 is 41.0 Å². The Morgan fingerprint density at radius 2 is 1.62 bits per heavy atom. The van der Waals surface area contributed by atoms with Gasteiger partial charge in [-0.2, -0.15) is 26.3 Å². The second kappa shape index (κ2) is 5.99. The highest BCUT2D eigenvalue weighted by molar-refractivity contribution is 5.80. The summed E-state index contributed by atoms with van der Waals surface area (Å²) in [4.78, 5) is 11.8. The fraction of sp³-hybridized carbons (Fsp3) is 0.909. The Hall–Kier alpha value is -1.03. The van der Waals surface area contributed by atoms with Gasteiger partial charge < -0.3 is 14.7 Å². The third-order valence-electron chi connectivity index (χ3n) is 3.23. The maximum atomic E-state index is 12.5. The minimum Gasteiger partial charge on any atom is -0.388 e. The number of aliphatic hydroxyl groups is 1. The Bertz CT molecular complexity index is 361.